The predicted octanol–water partition coefficient (Wildman–Crippen LogP) is 3.91. The summed E-state index contributed by atoms with van der Waals surface area (Å²) in [6, 6.07) is 15.9. The molecule has 3 amide bonds. The Balaban J connectivity index is 0.00000364. The number of amides is 3. The van der Waals surface area contributed by atoms with Crippen LogP contribution in [0.25, 0.3) is 0 Å². The molecule has 0 radical (unpaired) electrons. The number of anilines is 2. The van der Waals surface area contributed by atoms with Crippen molar-refractivity contribution in [3.63, 3.8) is 0 Å². The molecule has 3 atom stereocenters. The minimum atomic E-state index is -0.309. The molecule has 0 aliphatic heterocycles. The van der Waals surface area contributed by atoms with E-state index in [0.29, 0.717) is 5.69 Å². The molecule has 0 aromatic heterocycles. The third-order valence-electron chi connectivity index (χ3n) is 4.26. The molecule has 27 heavy (non-hydrogen) atoms. The van der Waals surface area contributed by atoms with E-state index in [2.05, 4.69) is 16.0 Å². The molecule has 2 aromatic rings. The smallest absolute Gasteiger partial charge is 0.323 e. The molecule has 0 spiro atoms. The highest BCUT2D eigenvalue weighted by molar-refractivity contribution is 5.99. The third-order valence-corrected chi connectivity index (χ3v) is 4.26. The monoisotopic (exact) mass is 390 g/mol. The van der Waals surface area contributed by atoms with Gasteiger partial charge in [-0.25, -0.2) is 4.79 Å². The highest BCUT2D eigenvalue weighted by atomic mass is 35.5. The van der Waals surface area contributed by atoms with Gasteiger partial charge in [0.05, 0.1) is 6.04 Å². The van der Waals surface area contributed by atoms with Crippen LogP contribution < -0.4 is 21.7 Å². The van der Waals surface area contributed by atoms with Crippen molar-refractivity contribution in [2.75, 3.05) is 10.6 Å². The van der Waals surface area contributed by atoms with Crippen LogP contribution >= 0.6 is 12.4 Å². The van der Waals surface area contributed by atoms with Gasteiger partial charge in [-0.1, -0.05) is 37.3 Å². The lowest BCUT2D eigenvalue weighted by Crippen LogP contribution is -2.39. The largest absolute Gasteiger partial charge is 0.349 e. The van der Waals surface area contributed by atoms with E-state index in [1.165, 1.54) is 0 Å². The van der Waals surface area contributed by atoms with Gasteiger partial charge in [-0.05, 0) is 43.7 Å². The van der Waals surface area contributed by atoms with Gasteiger partial charge >= 0.3 is 6.03 Å². The molecule has 0 aliphatic carbocycles. The molecule has 0 bridgehead atoms. The third kappa shape index (κ3) is 6.92. The van der Waals surface area contributed by atoms with Gasteiger partial charge in [0.15, 0.2) is 0 Å². The van der Waals surface area contributed by atoms with E-state index in [1.54, 1.807) is 12.1 Å². The van der Waals surface area contributed by atoms with Crippen molar-refractivity contribution in [1.82, 2.24) is 5.32 Å². The Morgan fingerprint density at radius 3 is 1.89 bits per heavy atom. The quantitative estimate of drug-likeness (QED) is 0.602. The van der Waals surface area contributed by atoms with Crippen molar-refractivity contribution in [1.29, 1.82) is 0 Å². The molecular weight excluding hydrogens is 364 g/mol. The molecule has 0 heterocycles. The van der Waals surface area contributed by atoms with E-state index >= 15 is 0 Å². The molecule has 0 saturated carbocycles. The number of carbonyl (C=O) groups is 2. The van der Waals surface area contributed by atoms with Gasteiger partial charge in [0.2, 0.25) is 5.91 Å². The Bertz CT molecular complexity index is 735. The Kier molecular flexibility index (Phi) is 8.78. The summed E-state index contributed by atoms with van der Waals surface area (Å²) >= 11 is 0. The Morgan fingerprint density at radius 1 is 0.852 bits per heavy atom. The van der Waals surface area contributed by atoms with Crippen LogP contribution in [0.3, 0.4) is 0 Å². The molecule has 0 saturated heterocycles. The van der Waals surface area contributed by atoms with E-state index in [0.717, 1.165) is 11.3 Å². The molecule has 6 nitrogen and oxygen atoms in total. The van der Waals surface area contributed by atoms with Crippen molar-refractivity contribution in [3.05, 3.63) is 60.2 Å². The molecule has 146 valence electrons. The van der Waals surface area contributed by atoms with Crippen LogP contribution in [0.2, 0.25) is 0 Å². The molecule has 2 rings (SSSR count). The van der Waals surface area contributed by atoms with Gasteiger partial charge in [-0.3, -0.25) is 4.79 Å². The lowest BCUT2D eigenvalue weighted by atomic mass is 10.0. The van der Waals surface area contributed by atoms with E-state index in [9.17, 15) is 9.59 Å². The number of hydrogen-bond donors (Lipinski definition) is 4. The van der Waals surface area contributed by atoms with Crippen molar-refractivity contribution in [2.45, 2.75) is 32.9 Å². The van der Waals surface area contributed by atoms with Crippen molar-refractivity contribution in [2.24, 2.45) is 11.7 Å². The van der Waals surface area contributed by atoms with Gasteiger partial charge in [0.25, 0.3) is 0 Å². The second kappa shape index (κ2) is 10.5. The number of halogens is 1. The first kappa shape index (κ1) is 22.5. The van der Waals surface area contributed by atoms with Gasteiger partial charge < -0.3 is 21.7 Å². The molecule has 5 N–H and O–H groups in total. The molecular formula is C20H27ClN4O2. The summed E-state index contributed by atoms with van der Waals surface area (Å²) < 4.78 is 0. The highest BCUT2D eigenvalue weighted by Crippen LogP contribution is 2.17. The second-order valence-electron chi connectivity index (χ2n) is 6.45. The number of nitrogens with two attached hydrogens (primary N) is 1. The molecule has 0 fully saturated rings. The maximum Gasteiger partial charge on any atom is 0.323 e. The Hall–Kier alpha value is -2.57. The Labute approximate surface area is 166 Å². The van der Waals surface area contributed by atoms with Gasteiger partial charge in [-0.15, -0.1) is 12.4 Å². The topological polar surface area (TPSA) is 96.2 Å². The predicted molar refractivity (Wildman–Crippen MR) is 112 cm³/mol. The Morgan fingerprint density at radius 2 is 1.37 bits per heavy atom. The van der Waals surface area contributed by atoms with Crippen molar-refractivity contribution in [3.8, 4) is 0 Å². The number of benzene rings is 2. The summed E-state index contributed by atoms with van der Waals surface area (Å²) in [7, 11) is 0. The van der Waals surface area contributed by atoms with E-state index in [1.807, 2.05) is 63.2 Å². The fourth-order valence-corrected chi connectivity index (χ4v) is 2.34. The van der Waals surface area contributed by atoms with Crippen LogP contribution in [0.4, 0.5) is 16.2 Å². The zero-order chi connectivity index (χ0) is 19.1. The fraction of sp³-hybridized carbons (Fsp3) is 0.300. The zero-order valence-corrected chi connectivity index (χ0v) is 16.5. The van der Waals surface area contributed by atoms with E-state index in [-0.39, 0.29) is 42.3 Å². The fourth-order valence-electron chi connectivity index (χ4n) is 2.34. The second-order valence-corrected chi connectivity index (χ2v) is 6.45. The van der Waals surface area contributed by atoms with Crippen molar-refractivity contribution < 1.29 is 9.59 Å². The van der Waals surface area contributed by atoms with Gasteiger partial charge in [-0.2, -0.15) is 0 Å². The van der Waals surface area contributed by atoms with E-state index in [4.69, 9.17) is 5.73 Å². The normalized spacial score (nSPS) is 13.5. The van der Waals surface area contributed by atoms with E-state index < -0.39 is 0 Å². The van der Waals surface area contributed by atoms with Gasteiger partial charge in [0, 0.05) is 23.3 Å². The first-order valence-electron chi connectivity index (χ1n) is 8.66. The molecule has 2 aromatic carbocycles. The van der Waals surface area contributed by atoms with Crippen LogP contribution in [-0.4, -0.2) is 18.0 Å². The lowest BCUT2D eigenvalue weighted by Gasteiger charge is -2.20. The maximum atomic E-state index is 12.1. The standard InChI is InChI=1S/C20H26N4O2.ClH/c1-13(14(2)21)19(25)22-15(3)16-9-11-18(12-10-16)24-20(26)23-17-7-5-4-6-8-17;/h4-15H,21H2,1-3H3,(H,22,25)(H2,23,24,26);1H. The average molecular weight is 391 g/mol. The number of nitrogens with one attached hydrogen (secondary N) is 3. The van der Waals surface area contributed by atoms with Gasteiger partial charge in [0.1, 0.15) is 0 Å². The summed E-state index contributed by atoms with van der Waals surface area (Å²) in [6.45, 7) is 5.54. The van der Waals surface area contributed by atoms with Crippen LogP contribution in [0.15, 0.2) is 54.6 Å². The van der Waals surface area contributed by atoms with Crippen LogP contribution in [-0.2, 0) is 4.79 Å². The molecule has 3 unspecified atom stereocenters. The van der Waals surface area contributed by atoms with Crippen LogP contribution in [0, 0.1) is 5.92 Å². The van der Waals surface area contributed by atoms with Crippen LogP contribution in [0.5, 0.6) is 0 Å². The summed E-state index contributed by atoms with van der Waals surface area (Å²) in [5.41, 5.74) is 8.11. The summed E-state index contributed by atoms with van der Waals surface area (Å²) in [5, 5.41) is 8.49. The number of hydrogen-bond acceptors (Lipinski definition) is 3. The number of rotatable bonds is 6. The first-order chi connectivity index (χ1) is 12.4. The minimum absolute atomic E-state index is 0. The molecule has 7 heteroatoms. The summed E-state index contributed by atoms with van der Waals surface area (Å²) in [6.07, 6.45) is 0. The summed E-state index contributed by atoms with van der Waals surface area (Å²) in [4.78, 5) is 24.1. The van der Waals surface area contributed by atoms with Crippen molar-refractivity contribution >= 4 is 35.7 Å². The number of carbonyl (C=O) groups excluding carboxylic acids is 2. The first-order valence-corrected chi connectivity index (χ1v) is 8.66. The number of urea groups is 1. The minimum Gasteiger partial charge on any atom is -0.349 e. The average Bonchev–Trinajstić information content (AvgIpc) is 2.62. The molecule has 0 aliphatic rings. The maximum absolute atomic E-state index is 12.1. The SMILES string of the molecule is CC(NC(=O)C(C)C(C)N)c1ccc(NC(=O)Nc2ccccc2)cc1.Cl. The number of para-hydroxylation sites is 1. The summed E-state index contributed by atoms with van der Waals surface area (Å²) in [5.74, 6) is -0.322. The zero-order valence-electron chi connectivity index (χ0n) is 15.7. The lowest BCUT2D eigenvalue weighted by molar-refractivity contribution is -0.125. The van der Waals surface area contributed by atoms with Crippen LogP contribution in [0.1, 0.15) is 32.4 Å². The highest BCUT2D eigenvalue weighted by Gasteiger charge is 2.19.